The Hall–Kier alpha value is -2.94. The van der Waals surface area contributed by atoms with E-state index in [0.717, 1.165) is 18.2 Å². The van der Waals surface area contributed by atoms with Gasteiger partial charge < -0.3 is 10.4 Å². The molecule has 2 aromatic rings. The number of nitrogens with zero attached hydrogens (tertiary/aromatic N) is 1. The summed E-state index contributed by atoms with van der Waals surface area (Å²) in [5.74, 6) is -2.38. The molecule has 0 amide bonds. The second kappa shape index (κ2) is 6.01. The minimum absolute atomic E-state index is 0.0477. The number of nitrogens with one attached hydrogen (secondary N) is 1. The van der Waals surface area contributed by atoms with Gasteiger partial charge in [0.15, 0.2) is 0 Å². The average molecular weight is 288 g/mol. The van der Waals surface area contributed by atoms with Crippen LogP contribution in [-0.4, -0.2) is 11.1 Å². The van der Waals surface area contributed by atoms with Gasteiger partial charge in [0, 0.05) is 12.1 Å². The van der Waals surface area contributed by atoms with Crippen molar-refractivity contribution in [2.24, 2.45) is 0 Å². The maximum atomic E-state index is 13.6. The number of benzene rings is 2. The van der Waals surface area contributed by atoms with Crippen molar-refractivity contribution >= 4 is 11.7 Å². The lowest BCUT2D eigenvalue weighted by atomic mass is 10.1. The van der Waals surface area contributed by atoms with Gasteiger partial charge in [-0.05, 0) is 36.4 Å². The predicted octanol–water partition coefficient (Wildman–Crippen LogP) is 3.15. The molecule has 0 radical (unpaired) electrons. The molecule has 0 atom stereocenters. The van der Waals surface area contributed by atoms with E-state index in [1.807, 2.05) is 0 Å². The molecule has 21 heavy (non-hydrogen) atoms. The highest BCUT2D eigenvalue weighted by Gasteiger charge is 2.09. The number of hydrogen-bond acceptors (Lipinski definition) is 3. The zero-order chi connectivity index (χ0) is 15.4. The first-order chi connectivity index (χ1) is 10.0. The molecule has 0 saturated heterocycles. The normalized spacial score (nSPS) is 9.95. The van der Waals surface area contributed by atoms with Gasteiger partial charge in [-0.1, -0.05) is 0 Å². The van der Waals surface area contributed by atoms with Crippen molar-refractivity contribution in [3.63, 3.8) is 0 Å². The summed E-state index contributed by atoms with van der Waals surface area (Å²) in [5.41, 5.74) is 0.346. The first kappa shape index (κ1) is 14.5. The summed E-state index contributed by atoms with van der Waals surface area (Å²) < 4.78 is 27.2. The quantitative estimate of drug-likeness (QED) is 0.906. The summed E-state index contributed by atoms with van der Waals surface area (Å²) in [4.78, 5) is 10.8. The van der Waals surface area contributed by atoms with E-state index < -0.39 is 17.6 Å². The highest BCUT2D eigenvalue weighted by molar-refractivity contribution is 5.87. The van der Waals surface area contributed by atoms with Crippen LogP contribution in [0.15, 0.2) is 36.4 Å². The number of carbonyl (C=O) groups is 1. The lowest BCUT2D eigenvalue weighted by Crippen LogP contribution is -2.06. The summed E-state index contributed by atoms with van der Waals surface area (Å²) >= 11 is 0. The Morgan fingerprint density at radius 1 is 1.19 bits per heavy atom. The summed E-state index contributed by atoms with van der Waals surface area (Å²) in [5, 5.41) is 20.2. The lowest BCUT2D eigenvalue weighted by molar-refractivity contribution is 0.0696. The molecule has 2 rings (SSSR count). The molecule has 0 aliphatic rings. The standard InChI is InChI=1S/C15H10F2N2O2/c16-12-3-2-10(15(20)21)6-11(12)8-19-14-4-1-9(7-18)5-13(14)17/h1-6,19H,8H2,(H,20,21). The van der Waals surface area contributed by atoms with Crippen LogP contribution in [-0.2, 0) is 6.54 Å². The van der Waals surface area contributed by atoms with Crippen molar-refractivity contribution in [3.05, 3.63) is 64.7 Å². The monoisotopic (exact) mass is 288 g/mol. The van der Waals surface area contributed by atoms with Gasteiger partial charge in [0.05, 0.1) is 22.9 Å². The molecule has 0 bridgehead atoms. The zero-order valence-electron chi connectivity index (χ0n) is 10.7. The molecule has 2 aromatic carbocycles. The van der Waals surface area contributed by atoms with E-state index in [1.165, 1.54) is 18.2 Å². The molecular formula is C15H10F2N2O2. The van der Waals surface area contributed by atoms with Gasteiger partial charge >= 0.3 is 5.97 Å². The van der Waals surface area contributed by atoms with Gasteiger partial charge in [0.25, 0.3) is 0 Å². The molecular weight excluding hydrogens is 278 g/mol. The maximum absolute atomic E-state index is 13.6. The molecule has 0 spiro atoms. The van der Waals surface area contributed by atoms with Gasteiger partial charge in [-0.15, -0.1) is 0 Å². The van der Waals surface area contributed by atoms with E-state index in [2.05, 4.69) is 5.32 Å². The number of anilines is 1. The highest BCUT2D eigenvalue weighted by atomic mass is 19.1. The Morgan fingerprint density at radius 2 is 1.95 bits per heavy atom. The molecule has 6 heteroatoms. The fourth-order valence-corrected chi connectivity index (χ4v) is 1.76. The Balaban J connectivity index is 2.18. The Labute approximate surface area is 119 Å². The van der Waals surface area contributed by atoms with Crippen molar-refractivity contribution < 1.29 is 18.7 Å². The van der Waals surface area contributed by atoms with Crippen LogP contribution in [0.1, 0.15) is 21.5 Å². The molecule has 0 unspecified atom stereocenters. The van der Waals surface area contributed by atoms with E-state index in [0.29, 0.717) is 0 Å². The van der Waals surface area contributed by atoms with Crippen LogP contribution in [0.25, 0.3) is 0 Å². The third kappa shape index (κ3) is 3.34. The van der Waals surface area contributed by atoms with Gasteiger partial charge in [0.1, 0.15) is 11.6 Å². The molecule has 4 nitrogen and oxygen atoms in total. The number of carboxylic acid groups (broad SMARTS) is 1. The van der Waals surface area contributed by atoms with Crippen LogP contribution < -0.4 is 5.32 Å². The third-order valence-electron chi connectivity index (χ3n) is 2.86. The molecule has 0 aliphatic heterocycles. The lowest BCUT2D eigenvalue weighted by Gasteiger charge is -2.09. The largest absolute Gasteiger partial charge is 0.478 e. The van der Waals surface area contributed by atoms with Gasteiger partial charge in [-0.2, -0.15) is 5.26 Å². The smallest absolute Gasteiger partial charge is 0.335 e. The molecule has 106 valence electrons. The Kier molecular flexibility index (Phi) is 4.14. The number of aromatic carboxylic acids is 1. The molecule has 2 N–H and O–H groups in total. The average Bonchev–Trinajstić information content (AvgIpc) is 2.47. The minimum atomic E-state index is -1.17. The highest BCUT2D eigenvalue weighted by Crippen LogP contribution is 2.18. The van der Waals surface area contributed by atoms with Crippen molar-refractivity contribution in [1.82, 2.24) is 0 Å². The summed E-state index contributed by atoms with van der Waals surface area (Å²) in [6.07, 6.45) is 0. The molecule has 0 saturated carbocycles. The fourth-order valence-electron chi connectivity index (χ4n) is 1.76. The van der Waals surface area contributed by atoms with Crippen LogP contribution in [0, 0.1) is 23.0 Å². The molecule has 0 aliphatic carbocycles. The summed E-state index contributed by atoms with van der Waals surface area (Å²) in [7, 11) is 0. The predicted molar refractivity (Wildman–Crippen MR) is 71.8 cm³/mol. The van der Waals surface area contributed by atoms with Crippen molar-refractivity contribution in [2.75, 3.05) is 5.32 Å². The SMILES string of the molecule is N#Cc1ccc(NCc2cc(C(=O)O)ccc2F)c(F)c1. The van der Waals surface area contributed by atoms with E-state index in [-0.39, 0.29) is 28.9 Å². The van der Waals surface area contributed by atoms with Crippen molar-refractivity contribution in [2.45, 2.75) is 6.54 Å². The van der Waals surface area contributed by atoms with Gasteiger partial charge in [0.2, 0.25) is 0 Å². The van der Waals surface area contributed by atoms with E-state index in [1.54, 1.807) is 6.07 Å². The fraction of sp³-hybridized carbons (Fsp3) is 0.0667. The van der Waals surface area contributed by atoms with Crippen LogP contribution in [0.3, 0.4) is 0 Å². The number of hydrogen-bond donors (Lipinski definition) is 2. The number of rotatable bonds is 4. The first-order valence-electron chi connectivity index (χ1n) is 5.96. The second-order valence-corrected chi connectivity index (χ2v) is 4.27. The van der Waals surface area contributed by atoms with Crippen LogP contribution in [0.5, 0.6) is 0 Å². The van der Waals surface area contributed by atoms with Gasteiger partial charge in [-0.25, -0.2) is 13.6 Å². The molecule has 0 fully saturated rings. The third-order valence-corrected chi connectivity index (χ3v) is 2.86. The van der Waals surface area contributed by atoms with E-state index in [4.69, 9.17) is 10.4 Å². The maximum Gasteiger partial charge on any atom is 0.335 e. The van der Waals surface area contributed by atoms with Crippen molar-refractivity contribution in [3.8, 4) is 6.07 Å². The van der Waals surface area contributed by atoms with E-state index >= 15 is 0 Å². The first-order valence-corrected chi connectivity index (χ1v) is 5.96. The van der Waals surface area contributed by atoms with Crippen molar-refractivity contribution in [1.29, 1.82) is 5.26 Å². The number of halogens is 2. The summed E-state index contributed by atoms with van der Waals surface area (Å²) in [6.45, 7) is -0.0736. The second-order valence-electron chi connectivity index (χ2n) is 4.27. The van der Waals surface area contributed by atoms with Crippen LogP contribution in [0.2, 0.25) is 0 Å². The summed E-state index contributed by atoms with van der Waals surface area (Å²) in [6, 6.07) is 9.05. The van der Waals surface area contributed by atoms with Crippen LogP contribution >= 0.6 is 0 Å². The minimum Gasteiger partial charge on any atom is -0.478 e. The topological polar surface area (TPSA) is 73.1 Å². The number of nitriles is 1. The molecule has 0 heterocycles. The Bertz CT molecular complexity index is 739. The Morgan fingerprint density at radius 3 is 2.57 bits per heavy atom. The zero-order valence-corrected chi connectivity index (χ0v) is 10.7. The number of carboxylic acids is 1. The van der Waals surface area contributed by atoms with Crippen LogP contribution in [0.4, 0.5) is 14.5 Å². The van der Waals surface area contributed by atoms with E-state index in [9.17, 15) is 13.6 Å². The molecule has 0 aromatic heterocycles. The van der Waals surface area contributed by atoms with Gasteiger partial charge in [-0.3, -0.25) is 0 Å².